The number of β-amino-alcohol motifs (C(OH)–C–C–N with tert-alkyl or cyclic N) is 1. The molecule has 1 aromatic rings. The van der Waals surface area contributed by atoms with Gasteiger partial charge in [-0.05, 0) is 25.1 Å². The molecule has 6 nitrogen and oxygen atoms in total. The lowest BCUT2D eigenvalue weighted by Gasteiger charge is -2.34. The maximum atomic E-state index is 12.3. The molecule has 1 aromatic carbocycles. The molecule has 6 heteroatoms. The Kier molecular flexibility index (Phi) is 6.03. The number of piperazine rings is 1. The standard InChI is InChI=1S/C16H26N4O2/c1-3-18(2)15-6-4-5-14(13-15)17-16(22)20-9-7-19(8-10-20)11-12-21/h4-6,13,21H,3,7-12H2,1-2H3,(H,17,22). The van der Waals surface area contributed by atoms with Crippen molar-refractivity contribution < 1.29 is 9.90 Å². The lowest BCUT2D eigenvalue weighted by atomic mass is 10.2. The SMILES string of the molecule is CCN(C)c1cccc(NC(=O)N2CCN(CCO)CC2)c1. The van der Waals surface area contributed by atoms with Crippen molar-refractivity contribution in [1.29, 1.82) is 0 Å². The Bertz CT molecular complexity index is 487. The van der Waals surface area contributed by atoms with Gasteiger partial charge in [-0.25, -0.2) is 4.79 Å². The lowest BCUT2D eigenvalue weighted by Crippen LogP contribution is -2.50. The number of aliphatic hydroxyl groups is 1. The highest BCUT2D eigenvalue weighted by atomic mass is 16.3. The predicted octanol–water partition coefficient (Wildman–Crippen LogP) is 1.28. The van der Waals surface area contributed by atoms with Crippen LogP contribution in [0.25, 0.3) is 0 Å². The number of carbonyl (C=O) groups excluding carboxylic acids is 1. The number of urea groups is 1. The first kappa shape index (κ1) is 16.6. The molecule has 0 bridgehead atoms. The van der Waals surface area contributed by atoms with Gasteiger partial charge in [0.25, 0.3) is 0 Å². The minimum absolute atomic E-state index is 0.0556. The first-order chi connectivity index (χ1) is 10.6. The van der Waals surface area contributed by atoms with E-state index in [4.69, 9.17) is 5.11 Å². The molecule has 0 aliphatic carbocycles. The number of rotatable bonds is 5. The Morgan fingerprint density at radius 2 is 2.05 bits per heavy atom. The summed E-state index contributed by atoms with van der Waals surface area (Å²) in [6, 6.07) is 7.83. The normalized spacial score (nSPS) is 15.7. The van der Waals surface area contributed by atoms with E-state index in [-0.39, 0.29) is 12.6 Å². The van der Waals surface area contributed by atoms with Gasteiger partial charge in [0.15, 0.2) is 0 Å². The summed E-state index contributed by atoms with van der Waals surface area (Å²) in [4.78, 5) is 18.4. The van der Waals surface area contributed by atoms with Gasteiger partial charge in [-0.3, -0.25) is 4.90 Å². The summed E-state index contributed by atoms with van der Waals surface area (Å²) in [7, 11) is 2.03. The van der Waals surface area contributed by atoms with Crippen LogP contribution in [-0.4, -0.2) is 73.9 Å². The van der Waals surface area contributed by atoms with E-state index in [2.05, 4.69) is 22.0 Å². The monoisotopic (exact) mass is 306 g/mol. The number of benzene rings is 1. The summed E-state index contributed by atoms with van der Waals surface area (Å²) in [6.07, 6.45) is 0. The molecule has 2 N–H and O–H groups in total. The van der Waals surface area contributed by atoms with E-state index in [1.54, 1.807) is 0 Å². The number of amides is 2. The molecule has 122 valence electrons. The molecule has 1 heterocycles. The van der Waals surface area contributed by atoms with Gasteiger partial charge in [0, 0.05) is 57.7 Å². The van der Waals surface area contributed by atoms with Gasteiger partial charge in [0.05, 0.1) is 6.61 Å². The maximum Gasteiger partial charge on any atom is 0.321 e. The van der Waals surface area contributed by atoms with Crippen molar-refractivity contribution in [3.63, 3.8) is 0 Å². The highest BCUT2D eigenvalue weighted by molar-refractivity contribution is 5.90. The van der Waals surface area contributed by atoms with Crippen LogP contribution in [0.5, 0.6) is 0 Å². The molecule has 0 spiro atoms. The fourth-order valence-corrected chi connectivity index (χ4v) is 2.52. The van der Waals surface area contributed by atoms with Gasteiger partial charge < -0.3 is 20.2 Å². The molecule has 22 heavy (non-hydrogen) atoms. The average Bonchev–Trinajstić information content (AvgIpc) is 2.55. The molecule has 0 unspecified atom stereocenters. The summed E-state index contributed by atoms with van der Waals surface area (Å²) in [5.74, 6) is 0. The number of hydrogen-bond donors (Lipinski definition) is 2. The number of nitrogens with zero attached hydrogens (tertiary/aromatic N) is 3. The number of carbonyl (C=O) groups is 1. The van der Waals surface area contributed by atoms with Crippen molar-refractivity contribution in [2.24, 2.45) is 0 Å². The Morgan fingerprint density at radius 1 is 1.32 bits per heavy atom. The highest BCUT2D eigenvalue weighted by Gasteiger charge is 2.20. The summed E-state index contributed by atoms with van der Waals surface area (Å²) < 4.78 is 0. The molecule has 0 aromatic heterocycles. The highest BCUT2D eigenvalue weighted by Crippen LogP contribution is 2.18. The minimum atomic E-state index is -0.0556. The van der Waals surface area contributed by atoms with Gasteiger partial charge in [-0.2, -0.15) is 0 Å². The molecule has 1 fully saturated rings. The number of anilines is 2. The van der Waals surface area contributed by atoms with Crippen molar-refractivity contribution >= 4 is 17.4 Å². The van der Waals surface area contributed by atoms with E-state index in [1.807, 2.05) is 36.2 Å². The number of aliphatic hydroxyl groups excluding tert-OH is 1. The van der Waals surface area contributed by atoms with Crippen LogP contribution in [-0.2, 0) is 0 Å². The number of hydrogen-bond acceptors (Lipinski definition) is 4. The maximum absolute atomic E-state index is 12.3. The van der Waals surface area contributed by atoms with E-state index in [0.29, 0.717) is 19.6 Å². The van der Waals surface area contributed by atoms with Crippen molar-refractivity contribution in [2.45, 2.75) is 6.92 Å². The lowest BCUT2D eigenvalue weighted by molar-refractivity contribution is 0.127. The zero-order valence-electron chi connectivity index (χ0n) is 13.5. The molecular formula is C16H26N4O2. The summed E-state index contributed by atoms with van der Waals surface area (Å²) in [5.41, 5.74) is 1.91. The van der Waals surface area contributed by atoms with Crippen LogP contribution in [0.1, 0.15) is 6.92 Å². The zero-order valence-corrected chi connectivity index (χ0v) is 13.5. The van der Waals surface area contributed by atoms with Crippen LogP contribution in [0.2, 0.25) is 0 Å². The first-order valence-corrected chi connectivity index (χ1v) is 7.84. The largest absolute Gasteiger partial charge is 0.395 e. The molecule has 0 atom stereocenters. The third-order valence-corrected chi connectivity index (χ3v) is 4.09. The van der Waals surface area contributed by atoms with E-state index in [0.717, 1.165) is 31.0 Å². The molecular weight excluding hydrogens is 280 g/mol. The van der Waals surface area contributed by atoms with Crippen molar-refractivity contribution in [3.05, 3.63) is 24.3 Å². The van der Waals surface area contributed by atoms with Crippen LogP contribution in [0, 0.1) is 0 Å². The van der Waals surface area contributed by atoms with Gasteiger partial charge in [-0.1, -0.05) is 6.07 Å². The van der Waals surface area contributed by atoms with E-state index in [9.17, 15) is 4.79 Å². The summed E-state index contributed by atoms with van der Waals surface area (Å²) in [5, 5.41) is 11.9. The summed E-state index contributed by atoms with van der Waals surface area (Å²) >= 11 is 0. The Hall–Kier alpha value is -1.79. The summed E-state index contributed by atoms with van der Waals surface area (Å²) in [6.45, 7) is 6.88. The van der Waals surface area contributed by atoms with Gasteiger partial charge in [0.2, 0.25) is 0 Å². The molecule has 1 aliphatic heterocycles. The predicted molar refractivity (Wildman–Crippen MR) is 89.5 cm³/mol. The van der Waals surface area contributed by atoms with Crippen LogP contribution in [0.3, 0.4) is 0 Å². The van der Waals surface area contributed by atoms with E-state index < -0.39 is 0 Å². The second-order valence-electron chi connectivity index (χ2n) is 5.55. The molecule has 2 rings (SSSR count). The molecule has 0 radical (unpaired) electrons. The van der Waals surface area contributed by atoms with Crippen LogP contribution in [0.15, 0.2) is 24.3 Å². The Morgan fingerprint density at radius 3 is 2.68 bits per heavy atom. The van der Waals surface area contributed by atoms with E-state index in [1.165, 1.54) is 0 Å². The van der Waals surface area contributed by atoms with Crippen LogP contribution in [0.4, 0.5) is 16.2 Å². The van der Waals surface area contributed by atoms with Crippen LogP contribution < -0.4 is 10.2 Å². The number of nitrogens with one attached hydrogen (secondary N) is 1. The third-order valence-electron chi connectivity index (χ3n) is 4.09. The second-order valence-corrected chi connectivity index (χ2v) is 5.55. The molecule has 1 saturated heterocycles. The van der Waals surface area contributed by atoms with Gasteiger partial charge in [0.1, 0.15) is 0 Å². The Balaban J connectivity index is 1.90. The fourth-order valence-electron chi connectivity index (χ4n) is 2.52. The van der Waals surface area contributed by atoms with Crippen molar-refractivity contribution in [2.75, 3.05) is 63.1 Å². The van der Waals surface area contributed by atoms with E-state index >= 15 is 0 Å². The molecule has 2 amide bonds. The quantitative estimate of drug-likeness (QED) is 0.860. The van der Waals surface area contributed by atoms with Crippen LogP contribution >= 0.6 is 0 Å². The zero-order chi connectivity index (χ0) is 15.9. The Labute approximate surface area is 132 Å². The third kappa shape index (κ3) is 4.35. The van der Waals surface area contributed by atoms with Crippen molar-refractivity contribution in [3.8, 4) is 0 Å². The molecule has 1 aliphatic rings. The van der Waals surface area contributed by atoms with Gasteiger partial charge in [-0.15, -0.1) is 0 Å². The molecule has 0 saturated carbocycles. The van der Waals surface area contributed by atoms with Gasteiger partial charge >= 0.3 is 6.03 Å². The first-order valence-electron chi connectivity index (χ1n) is 7.84. The van der Waals surface area contributed by atoms with Crippen molar-refractivity contribution in [1.82, 2.24) is 9.80 Å². The smallest absolute Gasteiger partial charge is 0.321 e. The topological polar surface area (TPSA) is 59.1 Å². The fraction of sp³-hybridized carbons (Fsp3) is 0.562. The average molecular weight is 306 g/mol. The second kappa shape index (κ2) is 8.00. The minimum Gasteiger partial charge on any atom is -0.395 e.